The summed E-state index contributed by atoms with van der Waals surface area (Å²) in [6.45, 7) is 2.00. The van der Waals surface area contributed by atoms with Crippen LogP contribution in [0.1, 0.15) is 22.7 Å². The molecule has 0 saturated heterocycles. The van der Waals surface area contributed by atoms with Crippen LogP contribution in [-0.4, -0.2) is 7.05 Å². The molecule has 1 nitrogen and oxygen atoms in total. The Morgan fingerprint density at radius 3 is 2.11 bits per heavy atom. The first-order valence-corrected chi connectivity index (χ1v) is 7.46. The summed E-state index contributed by atoms with van der Waals surface area (Å²) in [5, 5.41) is 4.78. The molecule has 0 spiro atoms. The van der Waals surface area contributed by atoms with Crippen molar-refractivity contribution in [3.8, 4) is 0 Å². The molecule has 2 aromatic carbocycles. The minimum absolute atomic E-state index is 0.0729. The highest BCUT2D eigenvalue weighted by Crippen LogP contribution is 2.30. The van der Waals surface area contributed by atoms with E-state index in [1.54, 1.807) is 0 Å². The average Bonchev–Trinajstić information content (AvgIpc) is 2.39. The molecular formula is C15H14BrCl2N. The van der Waals surface area contributed by atoms with E-state index in [4.69, 9.17) is 23.2 Å². The van der Waals surface area contributed by atoms with E-state index in [0.717, 1.165) is 26.2 Å². The zero-order chi connectivity index (χ0) is 14.0. The summed E-state index contributed by atoms with van der Waals surface area (Å²) >= 11 is 15.8. The SMILES string of the molecule is CNC(c1ccc(C)c(Cl)c1)c1ccc(Br)c(Cl)c1. The van der Waals surface area contributed by atoms with E-state index in [2.05, 4.69) is 27.3 Å². The lowest BCUT2D eigenvalue weighted by Crippen LogP contribution is -2.17. The van der Waals surface area contributed by atoms with Crippen LogP contribution in [0.25, 0.3) is 0 Å². The third-order valence-corrected chi connectivity index (χ3v) is 4.73. The first kappa shape index (κ1) is 14.9. The van der Waals surface area contributed by atoms with Gasteiger partial charge in [0.2, 0.25) is 0 Å². The van der Waals surface area contributed by atoms with Gasteiger partial charge >= 0.3 is 0 Å². The lowest BCUT2D eigenvalue weighted by atomic mass is 9.98. The standard InChI is InChI=1S/C15H14BrCl2N/c1-9-3-4-10(7-13(9)17)15(19-2)11-5-6-12(16)14(18)8-11/h3-8,15,19H,1-2H3. The van der Waals surface area contributed by atoms with Crippen molar-refractivity contribution >= 4 is 39.1 Å². The van der Waals surface area contributed by atoms with Gasteiger partial charge in [-0.3, -0.25) is 0 Å². The molecule has 0 bridgehead atoms. The second-order valence-electron chi connectivity index (χ2n) is 4.40. The molecule has 4 heteroatoms. The molecule has 0 amide bonds. The van der Waals surface area contributed by atoms with Crippen molar-refractivity contribution in [1.82, 2.24) is 5.32 Å². The Labute approximate surface area is 132 Å². The summed E-state index contributed by atoms with van der Waals surface area (Å²) in [4.78, 5) is 0. The number of benzene rings is 2. The van der Waals surface area contributed by atoms with Crippen molar-refractivity contribution in [2.24, 2.45) is 0 Å². The minimum atomic E-state index is 0.0729. The molecule has 1 unspecified atom stereocenters. The van der Waals surface area contributed by atoms with Gasteiger partial charge in [0.15, 0.2) is 0 Å². The smallest absolute Gasteiger partial charge is 0.0575 e. The van der Waals surface area contributed by atoms with Crippen molar-refractivity contribution in [2.75, 3.05) is 7.05 Å². The van der Waals surface area contributed by atoms with E-state index < -0.39 is 0 Å². The molecule has 1 atom stereocenters. The van der Waals surface area contributed by atoms with E-state index >= 15 is 0 Å². The highest BCUT2D eigenvalue weighted by atomic mass is 79.9. The van der Waals surface area contributed by atoms with E-state index in [0.29, 0.717) is 5.02 Å². The summed E-state index contributed by atoms with van der Waals surface area (Å²) in [5.41, 5.74) is 3.31. The van der Waals surface area contributed by atoms with Crippen molar-refractivity contribution in [3.63, 3.8) is 0 Å². The molecule has 0 fully saturated rings. The second kappa shape index (κ2) is 6.27. The molecule has 0 saturated carbocycles. The molecule has 0 heterocycles. The second-order valence-corrected chi connectivity index (χ2v) is 6.07. The van der Waals surface area contributed by atoms with Gasteiger partial charge in [-0.05, 0) is 64.8 Å². The van der Waals surface area contributed by atoms with Crippen LogP contribution in [0.5, 0.6) is 0 Å². The molecule has 19 heavy (non-hydrogen) atoms. The highest BCUT2D eigenvalue weighted by molar-refractivity contribution is 9.10. The van der Waals surface area contributed by atoms with Gasteiger partial charge in [0.05, 0.1) is 11.1 Å². The van der Waals surface area contributed by atoms with Gasteiger partial charge in [-0.15, -0.1) is 0 Å². The van der Waals surface area contributed by atoms with E-state index in [9.17, 15) is 0 Å². The molecule has 2 aromatic rings. The van der Waals surface area contributed by atoms with Crippen LogP contribution in [0.2, 0.25) is 10.0 Å². The molecular weight excluding hydrogens is 345 g/mol. The van der Waals surface area contributed by atoms with Crippen LogP contribution in [-0.2, 0) is 0 Å². The fourth-order valence-electron chi connectivity index (χ4n) is 2.01. The number of hydrogen-bond acceptors (Lipinski definition) is 1. The third kappa shape index (κ3) is 3.32. The van der Waals surface area contributed by atoms with Crippen LogP contribution in [0.4, 0.5) is 0 Å². The van der Waals surface area contributed by atoms with Crippen molar-refractivity contribution in [1.29, 1.82) is 0 Å². The summed E-state index contributed by atoms with van der Waals surface area (Å²) in [6, 6.07) is 12.1. The fourth-order valence-corrected chi connectivity index (χ4v) is 2.63. The summed E-state index contributed by atoms with van der Waals surface area (Å²) in [6.07, 6.45) is 0. The Bertz CT molecular complexity index is 547. The normalized spacial score (nSPS) is 12.5. The van der Waals surface area contributed by atoms with Gasteiger partial charge in [-0.1, -0.05) is 41.4 Å². The Balaban J connectivity index is 2.43. The van der Waals surface area contributed by atoms with Crippen LogP contribution in [0.3, 0.4) is 0 Å². The molecule has 2 rings (SSSR count). The average molecular weight is 359 g/mol. The quantitative estimate of drug-likeness (QED) is 0.777. The zero-order valence-corrected chi connectivity index (χ0v) is 13.8. The van der Waals surface area contributed by atoms with Crippen LogP contribution < -0.4 is 5.32 Å². The minimum Gasteiger partial charge on any atom is -0.309 e. The summed E-state index contributed by atoms with van der Waals surface area (Å²) in [7, 11) is 1.92. The van der Waals surface area contributed by atoms with Crippen molar-refractivity contribution in [2.45, 2.75) is 13.0 Å². The Hall–Kier alpha value is -0.540. The highest BCUT2D eigenvalue weighted by Gasteiger charge is 2.14. The topological polar surface area (TPSA) is 12.0 Å². The first-order valence-electron chi connectivity index (χ1n) is 5.91. The van der Waals surface area contributed by atoms with Crippen molar-refractivity contribution in [3.05, 3.63) is 67.6 Å². The number of nitrogens with one attached hydrogen (secondary N) is 1. The zero-order valence-electron chi connectivity index (χ0n) is 10.7. The number of halogens is 3. The lowest BCUT2D eigenvalue weighted by molar-refractivity contribution is 0.691. The number of hydrogen-bond donors (Lipinski definition) is 1. The molecule has 0 aromatic heterocycles. The van der Waals surface area contributed by atoms with Crippen LogP contribution >= 0.6 is 39.1 Å². The third-order valence-electron chi connectivity index (χ3n) is 3.09. The maximum absolute atomic E-state index is 6.20. The molecule has 0 radical (unpaired) electrons. The Morgan fingerprint density at radius 2 is 1.58 bits per heavy atom. The summed E-state index contributed by atoms with van der Waals surface area (Å²) < 4.78 is 0.898. The van der Waals surface area contributed by atoms with E-state index in [1.807, 2.05) is 44.3 Å². The largest absolute Gasteiger partial charge is 0.309 e. The van der Waals surface area contributed by atoms with Gasteiger partial charge in [0, 0.05) is 9.50 Å². The van der Waals surface area contributed by atoms with Crippen molar-refractivity contribution < 1.29 is 0 Å². The maximum Gasteiger partial charge on any atom is 0.0575 e. The van der Waals surface area contributed by atoms with Gasteiger partial charge in [-0.2, -0.15) is 0 Å². The summed E-state index contributed by atoms with van der Waals surface area (Å²) in [5.74, 6) is 0. The Kier molecular flexibility index (Phi) is 4.91. The van der Waals surface area contributed by atoms with Crippen LogP contribution in [0, 0.1) is 6.92 Å². The Morgan fingerprint density at radius 1 is 1.00 bits per heavy atom. The lowest BCUT2D eigenvalue weighted by Gasteiger charge is -2.18. The molecule has 1 N–H and O–H groups in total. The molecule has 0 aliphatic heterocycles. The predicted octanol–water partition coefficient (Wildman–Crippen LogP) is 5.37. The molecule has 0 aliphatic carbocycles. The van der Waals surface area contributed by atoms with Gasteiger partial charge in [0.1, 0.15) is 0 Å². The molecule has 0 aliphatic rings. The number of rotatable bonds is 3. The monoisotopic (exact) mass is 357 g/mol. The van der Waals surface area contributed by atoms with Gasteiger partial charge < -0.3 is 5.32 Å². The predicted molar refractivity (Wildman–Crippen MR) is 86.2 cm³/mol. The fraction of sp³-hybridized carbons (Fsp3) is 0.200. The van der Waals surface area contributed by atoms with Gasteiger partial charge in [-0.25, -0.2) is 0 Å². The molecule has 100 valence electrons. The number of aryl methyl sites for hydroxylation is 1. The first-order chi connectivity index (χ1) is 9.02. The van der Waals surface area contributed by atoms with E-state index in [1.165, 1.54) is 0 Å². The van der Waals surface area contributed by atoms with E-state index in [-0.39, 0.29) is 6.04 Å². The van der Waals surface area contributed by atoms with Gasteiger partial charge in [0.25, 0.3) is 0 Å². The maximum atomic E-state index is 6.20. The van der Waals surface area contributed by atoms with Crippen LogP contribution in [0.15, 0.2) is 40.9 Å².